The quantitative estimate of drug-likeness (QED) is 0.917. The van der Waals surface area contributed by atoms with Crippen LogP contribution in [0.5, 0.6) is 0 Å². The van der Waals surface area contributed by atoms with Gasteiger partial charge in [0, 0.05) is 18.8 Å². The molecule has 0 aliphatic rings. The Bertz CT molecular complexity index is 552. The van der Waals surface area contributed by atoms with Gasteiger partial charge in [-0.3, -0.25) is 4.68 Å². The monoisotopic (exact) mass is 261 g/mol. The van der Waals surface area contributed by atoms with Gasteiger partial charge in [0.25, 0.3) is 0 Å². The maximum absolute atomic E-state index is 14.3. The van der Waals surface area contributed by atoms with Crippen LogP contribution in [0.1, 0.15) is 35.3 Å². The van der Waals surface area contributed by atoms with Crippen molar-refractivity contribution >= 4 is 0 Å². The molecule has 2 rings (SSSR count). The number of aromatic nitrogens is 2. The number of hydrogen-bond donors (Lipinski definition) is 1. The fourth-order valence-electron chi connectivity index (χ4n) is 2.44. The zero-order valence-electron chi connectivity index (χ0n) is 11.9. The second kappa shape index (κ2) is 5.53. The summed E-state index contributed by atoms with van der Waals surface area (Å²) in [6, 6.07) is 5.31. The maximum Gasteiger partial charge on any atom is 0.128 e. The van der Waals surface area contributed by atoms with E-state index in [1.165, 1.54) is 0 Å². The van der Waals surface area contributed by atoms with E-state index in [0.29, 0.717) is 5.56 Å². The topological polar surface area (TPSA) is 29.9 Å². The summed E-state index contributed by atoms with van der Waals surface area (Å²) in [5, 5.41) is 7.71. The molecule has 1 unspecified atom stereocenters. The largest absolute Gasteiger partial charge is 0.305 e. The van der Waals surface area contributed by atoms with Crippen LogP contribution in [0.25, 0.3) is 0 Å². The summed E-state index contributed by atoms with van der Waals surface area (Å²) < 4.78 is 16.0. The highest BCUT2D eigenvalue weighted by molar-refractivity contribution is 5.38. The van der Waals surface area contributed by atoms with Crippen molar-refractivity contribution in [2.24, 2.45) is 7.05 Å². The predicted molar refractivity (Wildman–Crippen MR) is 74.6 cm³/mol. The molecule has 0 saturated carbocycles. The molecule has 0 fully saturated rings. The summed E-state index contributed by atoms with van der Waals surface area (Å²) in [7, 11) is 1.87. The molecule has 19 heavy (non-hydrogen) atoms. The molecular weight excluding hydrogens is 241 g/mol. The van der Waals surface area contributed by atoms with Gasteiger partial charge < -0.3 is 5.32 Å². The van der Waals surface area contributed by atoms with Crippen LogP contribution in [0, 0.1) is 19.7 Å². The molecule has 2 aromatic rings. The van der Waals surface area contributed by atoms with E-state index in [1.54, 1.807) is 10.7 Å². The van der Waals surface area contributed by atoms with Crippen molar-refractivity contribution in [3.63, 3.8) is 0 Å². The van der Waals surface area contributed by atoms with Gasteiger partial charge in [0.15, 0.2) is 0 Å². The molecule has 0 bridgehead atoms. The second-order valence-corrected chi connectivity index (χ2v) is 4.88. The van der Waals surface area contributed by atoms with Crippen molar-refractivity contribution in [3.8, 4) is 0 Å². The fourth-order valence-corrected chi connectivity index (χ4v) is 2.44. The minimum atomic E-state index is -0.202. The Morgan fingerprint density at radius 3 is 2.63 bits per heavy atom. The van der Waals surface area contributed by atoms with Gasteiger partial charge in [0.1, 0.15) is 5.82 Å². The molecule has 0 aliphatic heterocycles. The fraction of sp³-hybridized carbons (Fsp3) is 0.400. The van der Waals surface area contributed by atoms with E-state index in [0.717, 1.165) is 23.4 Å². The summed E-state index contributed by atoms with van der Waals surface area (Å²) >= 11 is 0. The van der Waals surface area contributed by atoms with Crippen LogP contribution < -0.4 is 5.32 Å². The average molecular weight is 261 g/mol. The van der Waals surface area contributed by atoms with Gasteiger partial charge >= 0.3 is 0 Å². The first-order chi connectivity index (χ1) is 9.02. The summed E-state index contributed by atoms with van der Waals surface area (Å²) in [6.45, 7) is 6.62. The van der Waals surface area contributed by atoms with Gasteiger partial charge in [-0.05, 0) is 43.7 Å². The normalized spacial score (nSPS) is 12.7. The molecule has 0 amide bonds. The molecule has 102 valence electrons. The summed E-state index contributed by atoms with van der Waals surface area (Å²) in [5.41, 5.74) is 3.42. The molecule has 1 N–H and O–H groups in total. The lowest BCUT2D eigenvalue weighted by Gasteiger charge is -2.19. The van der Waals surface area contributed by atoms with E-state index in [-0.39, 0.29) is 11.9 Å². The van der Waals surface area contributed by atoms with Gasteiger partial charge in [-0.25, -0.2) is 4.39 Å². The summed E-state index contributed by atoms with van der Waals surface area (Å²) in [5.74, 6) is -0.172. The van der Waals surface area contributed by atoms with Crippen molar-refractivity contribution in [3.05, 3.63) is 52.6 Å². The smallest absolute Gasteiger partial charge is 0.128 e. The van der Waals surface area contributed by atoms with Crippen LogP contribution in [0.2, 0.25) is 0 Å². The molecule has 0 radical (unpaired) electrons. The van der Waals surface area contributed by atoms with Gasteiger partial charge in [0.2, 0.25) is 0 Å². The first-order valence-corrected chi connectivity index (χ1v) is 6.52. The molecule has 1 heterocycles. The first kappa shape index (κ1) is 13.7. The summed E-state index contributed by atoms with van der Waals surface area (Å²) in [4.78, 5) is 0. The number of halogens is 1. The first-order valence-electron chi connectivity index (χ1n) is 6.52. The van der Waals surface area contributed by atoms with Gasteiger partial charge in [-0.2, -0.15) is 5.10 Å². The highest BCUT2D eigenvalue weighted by atomic mass is 19.1. The lowest BCUT2D eigenvalue weighted by atomic mass is 9.96. The third-order valence-electron chi connectivity index (χ3n) is 3.21. The van der Waals surface area contributed by atoms with Crippen LogP contribution in [-0.2, 0) is 7.05 Å². The van der Waals surface area contributed by atoms with Crippen molar-refractivity contribution in [1.29, 1.82) is 0 Å². The molecule has 0 spiro atoms. The number of aryl methyl sites for hydroxylation is 3. The SMILES string of the molecule is CCNC(c1ccn(C)n1)c1c(C)cc(C)cc1F. The third-order valence-corrected chi connectivity index (χ3v) is 3.21. The molecule has 3 nitrogen and oxygen atoms in total. The zero-order chi connectivity index (χ0) is 14.0. The molecule has 4 heteroatoms. The minimum absolute atomic E-state index is 0.172. The van der Waals surface area contributed by atoms with E-state index in [4.69, 9.17) is 0 Å². The Morgan fingerprint density at radius 1 is 1.37 bits per heavy atom. The average Bonchev–Trinajstić information content (AvgIpc) is 2.73. The summed E-state index contributed by atoms with van der Waals surface area (Å²) in [6.07, 6.45) is 1.88. The van der Waals surface area contributed by atoms with Crippen molar-refractivity contribution in [1.82, 2.24) is 15.1 Å². The van der Waals surface area contributed by atoms with Crippen molar-refractivity contribution < 1.29 is 4.39 Å². The van der Waals surface area contributed by atoms with E-state index in [9.17, 15) is 4.39 Å². The number of nitrogens with zero attached hydrogens (tertiary/aromatic N) is 2. The lowest BCUT2D eigenvalue weighted by molar-refractivity contribution is 0.542. The Kier molecular flexibility index (Phi) is 4.00. The van der Waals surface area contributed by atoms with Crippen LogP contribution in [-0.4, -0.2) is 16.3 Å². The van der Waals surface area contributed by atoms with Crippen molar-refractivity contribution in [2.45, 2.75) is 26.8 Å². The highest BCUT2D eigenvalue weighted by Gasteiger charge is 2.21. The van der Waals surface area contributed by atoms with Crippen molar-refractivity contribution in [2.75, 3.05) is 6.54 Å². The lowest BCUT2D eigenvalue weighted by Crippen LogP contribution is -2.24. The zero-order valence-corrected chi connectivity index (χ0v) is 11.9. The molecule has 0 saturated heterocycles. The van der Waals surface area contributed by atoms with E-state index in [1.807, 2.05) is 46.1 Å². The van der Waals surface area contributed by atoms with E-state index < -0.39 is 0 Å². The van der Waals surface area contributed by atoms with Gasteiger partial charge in [0.05, 0.1) is 11.7 Å². The molecule has 0 aliphatic carbocycles. The number of benzene rings is 1. The Morgan fingerprint density at radius 2 is 2.11 bits per heavy atom. The van der Waals surface area contributed by atoms with E-state index in [2.05, 4.69) is 10.4 Å². The van der Waals surface area contributed by atoms with Gasteiger partial charge in [-0.1, -0.05) is 13.0 Å². The Balaban J connectivity index is 2.51. The number of nitrogens with one attached hydrogen (secondary N) is 1. The highest BCUT2D eigenvalue weighted by Crippen LogP contribution is 2.27. The number of rotatable bonds is 4. The maximum atomic E-state index is 14.3. The van der Waals surface area contributed by atoms with E-state index >= 15 is 0 Å². The Labute approximate surface area is 113 Å². The molecule has 1 atom stereocenters. The minimum Gasteiger partial charge on any atom is -0.305 e. The van der Waals surface area contributed by atoms with Crippen LogP contribution in [0.4, 0.5) is 4.39 Å². The second-order valence-electron chi connectivity index (χ2n) is 4.88. The predicted octanol–water partition coefficient (Wildman–Crippen LogP) is 2.87. The van der Waals surface area contributed by atoms with Crippen LogP contribution >= 0.6 is 0 Å². The Hall–Kier alpha value is -1.68. The molecule has 1 aromatic carbocycles. The number of hydrogen-bond acceptors (Lipinski definition) is 2. The molecular formula is C15H20FN3. The van der Waals surface area contributed by atoms with Crippen LogP contribution in [0.3, 0.4) is 0 Å². The molecule has 1 aromatic heterocycles. The third kappa shape index (κ3) is 2.84. The standard InChI is InChI=1S/C15H20FN3/c1-5-17-15(13-6-7-19(4)18-13)14-11(3)8-10(2)9-12(14)16/h6-9,15,17H,5H2,1-4H3. The van der Waals surface area contributed by atoms with Crippen LogP contribution in [0.15, 0.2) is 24.4 Å². The van der Waals surface area contributed by atoms with Gasteiger partial charge in [-0.15, -0.1) is 0 Å².